The van der Waals surface area contributed by atoms with Crippen molar-refractivity contribution in [1.82, 2.24) is 4.31 Å². The summed E-state index contributed by atoms with van der Waals surface area (Å²) in [6, 6.07) is 7.99. The van der Waals surface area contributed by atoms with Crippen LogP contribution in [0.4, 0.5) is 0 Å². The number of aliphatic hydroxyl groups excluding tert-OH is 1. The molecule has 0 aromatic heterocycles. The summed E-state index contributed by atoms with van der Waals surface area (Å²) in [4.78, 5) is 0.141. The smallest absolute Gasteiger partial charge is 0.243 e. The van der Waals surface area contributed by atoms with Gasteiger partial charge in [-0.05, 0) is 43.9 Å². The van der Waals surface area contributed by atoms with Crippen molar-refractivity contribution in [2.24, 2.45) is 5.92 Å². The van der Waals surface area contributed by atoms with Crippen LogP contribution in [0, 0.1) is 17.2 Å². The number of sulfonamides is 1. The van der Waals surface area contributed by atoms with E-state index in [1.807, 2.05) is 6.07 Å². The molecular formula is C14H18N2O3S. The van der Waals surface area contributed by atoms with E-state index in [-0.39, 0.29) is 10.8 Å². The lowest BCUT2D eigenvalue weighted by atomic mass is 9.95. The average Bonchev–Trinajstić information content (AvgIpc) is 2.47. The molecule has 6 heteroatoms. The second kappa shape index (κ2) is 5.92. The van der Waals surface area contributed by atoms with Gasteiger partial charge in [0.05, 0.1) is 22.6 Å². The highest BCUT2D eigenvalue weighted by atomic mass is 32.2. The fourth-order valence-electron chi connectivity index (χ4n) is 2.46. The molecule has 5 nitrogen and oxygen atoms in total. The second-order valence-corrected chi connectivity index (χ2v) is 7.08. The van der Waals surface area contributed by atoms with Gasteiger partial charge in [-0.2, -0.15) is 9.57 Å². The summed E-state index contributed by atoms with van der Waals surface area (Å²) >= 11 is 0. The molecule has 1 aliphatic rings. The third kappa shape index (κ3) is 3.01. The van der Waals surface area contributed by atoms with Crippen molar-refractivity contribution >= 4 is 10.0 Å². The van der Waals surface area contributed by atoms with E-state index in [0.717, 1.165) is 12.8 Å². The Balaban J connectivity index is 2.28. The molecule has 1 N–H and O–H groups in total. The van der Waals surface area contributed by atoms with Crippen LogP contribution in [0.15, 0.2) is 29.2 Å². The molecule has 108 valence electrons. The molecule has 2 rings (SSSR count). The SMILES string of the molecule is CC(O)C1CCCN(S(=O)(=O)c2cccc(C#N)c2)C1. The van der Waals surface area contributed by atoms with Crippen molar-refractivity contribution < 1.29 is 13.5 Å². The maximum atomic E-state index is 12.6. The standard InChI is InChI=1S/C14H18N2O3S/c1-11(17)13-5-3-7-16(10-13)20(18,19)14-6-2-4-12(8-14)9-15/h2,4,6,8,11,13,17H,3,5,7,10H2,1H3. The third-order valence-electron chi connectivity index (χ3n) is 3.70. The molecule has 0 spiro atoms. The van der Waals surface area contributed by atoms with Gasteiger partial charge in [-0.15, -0.1) is 0 Å². The summed E-state index contributed by atoms with van der Waals surface area (Å²) in [5, 5.41) is 18.5. The number of hydrogen-bond donors (Lipinski definition) is 1. The van der Waals surface area contributed by atoms with Crippen molar-refractivity contribution in [3.8, 4) is 6.07 Å². The number of aliphatic hydroxyl groups is 1. The first-order valence-electron chi connectivity index (χ1n) is 6.63. The Bertz CT molecular complexity index is 620. The van der Waals surface area contributed by atoms with Gasteiger partial charge in [0.2, 0.25) is 10.0 Å². The van der Waals surface area contributed by atoms with Gasteiger partial charge in [-0.3, -0.25) is 0 Å². The van der Waals surface area contributed by atoms with E-state index in [2.05, 4.69) is 0 Å². The first-order valence-corrected chi connectivity index (χ1v) is 8.07. The van der Waals surface area contributed by atoms with Crippen LogP contribution in [0.3, 0.4) is 0 Å². The Morgan fingerprint density at radius 2 is 2.25 bits per heavy atom. The Morgan fingerprint density at radius 3 is 2.90 bits per heavy atom. The number of benzene rings is 1. The van der Waals surface area contributed by atoms with E-state index in [1.54, 1.807) is 19.1 Å². The maximum absolute atomic E-state index is 12.6. The lowest BCUT2D eigenvalue weighted by Crippen LogP contribution is -2.42. The van der Waals surface area contributed by atoms with Crippen LogP contribution in [0.25, 0.3) is 0 Å². The predicted octanol–water partition coefficient (Wildman–Crippen LogP) is 1.34. The van der Waals surface area contributed by atoms with Crippen molar-refractivity contribution in [1.29, 1.82) is 5.26 Å². The van der Waals surface area contributed by atoms with E-state index >= 15 is 0 Å². The molecule has 1 fully saturated rings. The molecule has 0 amide bonds. The van der Waals surface area contributed by atoms with E-state index in [0.29, 0.717) is 18.7 Å². The van der Waals surface area contributed by atoms with E-state index in [4.69, 9.17) is 5.26 Å². The second-order valence-electron chi connectivity index (χ2n) is 5.15. The van der Waals surface area contributed by atoms with Crippen LogP contribution in [0.1, 0.15) is 25.3 Å². The largest absolute Gasteiger partial charge is 0.393 e. The van der Waals surface area contributed by atoms with E-state index in [1.165, 1.54) is 16.4 Å². The summed E-state index contributed by atoms with van der Waals surface area (Å²) in [7, 11) is -3.59. The van der Waals surface area contributed by atoms with Gasteiger partial charge < -0.3 is 5.11 Å². The fraction of sp³-hybridized carbons (Fsp3) is 0.500. The highest BCUT2D eigenvalue weighted by Gasteiger charge is 2.31. The minimum absolute atomic E-state index is 0.0299. The van der Waals surface area contributed by atoms with Crippen molar-refractivity contribution in [3.05, 3.63) is 29.8 Å². The fourth-order valence-corrected chi connectivity index (χ4v) is 4.04. The van der Waals surface area contributed by atoms with Crippen LogP contribution in [-0.4, -0.2) is 37.0 Å². The normalized spacial score (nSPS) is 22.1. The molecule has 1 saturated heterocycles. The molecular weight excluding hydrogens is 276 g/mol. The van der Waals surface area contributed by atoms with Crippen LogP contribution in [-0.2, 0) is 10.0 Å². The molecule has 1 aromatic rings. The molecule has 2 unspecified atom stereocenters. The van der Waals surface area contributed by atoms with Crippen molar-refractivity contribution in [2.45, 2.75) is 30.8 Å². The lowest BCUT2D eigenvalue weighted by Gasteiger charge is -2.33. The minimum atomic E-state index is -3.59. The van der Waals surface area contributed by atoms with Crippen LogP contribution < -0.4 is 0 Å². The first-order chi connectivity index (χ1) is 9.45. The third-order valence-corrected chi connectivity index (χ3v) is 5.56. The quantitative estimate of drug-likeness (QED) is 0.912. The minimum Gasteiger partial charge on any atom is -0.393 e. The monoisotopic (exact) mass is 294 g/mol. The molecule has 0 saturated carbocycles. The first kappa shape index (κ1) is 15.0. The highest BCUT2D eigenvalue weighted by molar-refractivity contribution is 7.89. The number of rotatable bonds is 3. The topological polar surface area (TPSA) is 81.4 Å². The Hall–Kier alpha value is -1.42. The molecule has 1 aliphatic heterocycles. The predicted molar refractivity (Wildman–Crippen MR) is 74.3 cm³/mol. The van der Waals surface area contributed by atoms with Crippen molar-refractivity contribution in [2.75, 3.05) is 13.1 Å². The number of nitriles is 1. The Morgan fingerprint density at radius 1 is 1.50 bits per heavy atom. The molecule has 0 bridgehead atoms. The Kier molecular flexibility index (Phi) is 4.43. The van der Waals surface area contributed by atoms with E-state index < -0.39 is 16.1 Å². The zero-order valence-corrected chi connectivity index (χ0v) is 12.2. The zero-order valence-electron chi connectivity index (χ0n) is 11.4. The van der Waals surface area contributed by atoms with Gasteiger partial charge in [0, 0.05) is 13.1 Å². The van der Waals surface area contributed by atoms with Gasteiger partial charge in [0.25, 0.3) is 0 Å². The number of piperidine rings is 1. The number of nitrogens with zero attached hydrogens (tertiary/aromatic N) is 2. The van der Waals surface area contributed by atoms with E-state index in [9.17, 15) is 13.5 Å². The average molecular weight is 294 g/mol. The molecule has 0 aliphatic carbocycles. The van der Waals surface area contributed by atoms with Gasteiger partial charge >= 0.3 is 0 Å². The summed E-state index contributed by atoms with van der Waals surface area (Å²) in [6.07, 6.45) is 1.06. The summed E-state index contributed by atoms with van der Waals surface area (Å²) in [6.45, 7) is 2.48. The molecule has 2 atom stereocenters. The molecule has 0 radical (unpaired) electrons. The lowest BCUT2D eigenvalue weighted by molar-refractivity contribution is 0.0885. The van der Waals surface area contributed by atoms with Gasteiger partial charge in [0.1, 0.15) is 0 Å². The molecule has 1 heterocycles. The summed E-state index contributed by atoms with van der Waals surface area (Å²) in [5.41, 5.74) is 0.329. The molecule has 1 aromatic carbocycles. The van der Waals surface area contributed by atoms with Crippen LogP contribution >= 0.6 is 0 Å². The summed E-state index contributed by atoms with van der Waals surface area (Å²) < 4.78 is 26.5. The molecule has 20 heavy (non-hydrogen) atoms. The van der Waals surface area contributed by atoms with Crippen LogP contribution in [0.2, 0.25) is 0 Å². The van der Waals surface area contributed by atoms with Gasteiger partial charge in [-0.1, -0.05) is 6.07 Å². The number of hydrogen-bond acceptors (Lipinski definition) is 4. The van der Waals surface area contributed by atoms with Crippen LogP contribution in [0.5, 0.6) is 0 Å². The van der Waals surface area contributed by atoms with Gasteiger partial charge in [-0.25, -0.2) is 8.42 Å². The Labute approximate surface area is 119 Å². The zero-order chi connectivity index (χ0) is 14.8. The summed E-state index contributed by atoms with van der Waals surface area (Å²) in [5.74, 6) is -0.0299. The van der Waals surface area contributed by atoms with Crippen molar-refractivity contribution in [3.63, 3.8) is 0 Å². The maximum Gasteiger partial charge on any atom is 0.243 e. The highest BCUT2D eigenvalue weighted by Crippen LogP contribution is 2.25. The van der Waals surface area contributed by atoms with Gasteiger partial charge in [0.15, 0.2) is 0 Å².